The Kier molecular flexibility index (Phi) is 59.3. The first-order valence-corrected chi connectivity index (χ1v) is 31.6. The molecule has 0 aliphatic carbocycles. The van der Waals surface area contributed by atoms with E-state index in [4.69, 9.17) is 14.2 Å². The number of carbonyl (C=O) groups is 3. The van der Waals surface area contributed by atoms with Gasteiger partial charge in [0.25, 0.3) is 0 Å². The number of esters is 3. The molecule has 0 N–H and O–H groups in total. The molecule has 0 bridgehead atoms. The van der Waals surface area contributed by atoms with E-state index < -0.39 is 6.10 Å². The van der Waals surface area contributed by atoms with Gasteiger partial charge in [0.1, 0.15) is 13.2 Å². The topological polar surface area (TPSA) is 78.9 Å². The number of hydrogen-bond acceptors (Lipinski definition) is 6. The van der Waals surface area contributed by atoms with Gasteiger partial charge in [0.2, 0.25) is 0 Å². The van der Waals surface area contributed by atoms with Crippen molar-refractivity contribution in [1.29, 1.82) is 0 Å². The van der Waals surface area contributed by atoms with E-state index in [-0.39, 0.29) is 31.1 Å². The molecule has 0 aromatic carbocycles. The summed E-state index contributed by atoms with van der Waals surface area (Å²) in [5.41, 5.74) is 0. The van der Waals surface area contributed by atoms with Gasteiger partial charge < -0.3 is 14.2 Å². The van der Waals surface area contributed by atoms with E-state index in [2.05, 4.69) is 106 Å². The summed E-state index contributed by atoms with van der Waals surface area (Å²) in [4.78, 5) is 38.3. The molecule has 0 radical (unpaired) electrons. The smallest absolute Gasteiger partial charge is 0.306 e. The minimum Gasteiger partial charge on any atom is -0.462 e. The van der Waals surface area contributed by atoms with Crippen molar-refractivity contribution < 1.29 is 28.6 Å². The van der Waals surface area contributed by atoms with Crippen molar-refractivity contribution in [2.24, 2.45) is 0 Å². The zero-order valence-corrected chi connectivity index (χ0v) is 48.8. The van der Waals surface area contributed by atoms with Gasteiger partial charge in [0.05, 0.1) is 0 Å². The van der Waals surface area contributed by atoms with Gasteiger partial charge in [-0.1, -0.05) is 260 Å². The Labute approximate surface area is 458 Å². The summed E-state index contributed by atoms with van der Waals surface area (Å²) in [5, 5.41) is 0. The third-order valence-electron chi connectivity index (χ3n) is 13.6. The number of ether oxygens (including phenoxy) is 3. The molecule has 6 heteroatoms. The predicted molar refractivity (Wildman–Crippen MR) is 321 cm³/mol. The second-order valence-corrected chi connectivity index (χ2v) is 20.9. The Morgan fingerprint density at radius 2 is 0.527 bits per heavy atom. The molecule has 0 amide bonds. The van der Waals surface area contributed by atoms with Gasteiger partial charge in [-0.15, -0.1) is 0 Å². The van der Waals surface area contributed by atoms with E-state index in [1.807, 2.05) is 0 Å². The molecule has 74 heavy (non-hydrogen) atoms. The summed E-state index contributed by atoms with van der Waals surface area (Å²) in [6.45, 7) is 6.51. The number of hydrogen-bond donors (Lipinski definition) is 0. The second kappa shape index (κ2) is 62.1. The van der Waals surface area contributed by atoms with E-state index in [1.165, 1.54) is 167 Å². The normalized spacial score (nSPS) is 12.6. The van der Waals surface area contributed by atoms with Crippen molar-refractivity contribution in [2.75, 3.05) is 13.2 Å². The molecule has 426 valence electrons. The van der Waals surface area contributed by atoms with Crippen LogP contribution in [-0.4, -0.2) is 37.2 Å². The van der Waals surface area contributed by atoms with Crippen molar-refractivity contribution in [3.8, 4) is 0 Å². The maximum absolute atomic E-state index is 12.9. The summed E-state index contributed by atoms with van der Waals surface area (Å²) in [6, 6.07) is 0. The van der Waals surface area contributed by atoms with Crippen LogP contribution in [-0.2, 0) is 28.6 Å². The van der Waals surface area contributed by atoms with Crippen LogP contribution in [0.2, 0.25) is 0 Å². The van der Waals surface area contributed by atoms with Crippen LogP contribution in [0, 0.1) is 0 Å². The molecule has 0 saturated heterocycles. The summed E-state index contributed by atoms with van der Waals surface area (Å²) in [7, 11) is 0. The van der Waals surface area contributed by atoms with Gasteiger partial charge >= 0.3 is 17.9 Å². The first kappa shape index (κ1) is 70.6. The Morgan fingerprint density at radius 1 is 0.284 bits per heavy atom. The Morgan fingerprint density at radius 3 is 0.865 bits per heavy atom. The van der Waals surface area contributed by atoms with E-state index in [0.717, 1.165) is 103 Å². The number of rotatable bonds is 57. The van der Waals surface area contributed by atoms with Gasteiger partial charge in [0, 0.05) is 19.3 Å². The van der Waals surface area contributed by atoms with Gasteiger partial charge in [-0.2, -0.15) is 0 Å². The van der Waals surface area contributed by atoms with Crippen molar-refractivity contribution in [3.05, 3.63) is 85.1 Å². The van der Waals surface area contributed by atoms with Crippen LogP contribution in [0.3, 0.4) is 0 Å². The van der Waals surface area contributed by atoms with Crippen LogP contribution < -0.4 is 0 Å². The van der Waals surface area contributed by atoms with Crippen LogP contribution in [0.4, 0.5) is 0 Å². The largest absolute Gasteiger partial charge is 0.462 e. The quantitative estimate of drug-likeness (QED) is 0.0261. The van der Waals surface area contributed by atoms with Crippen LogP contribution >= 0.6 is 0 Å². The molecule has 0 fully saturated rings. The molecule has 0 aliphatic heterocycles. The zero-order chi connectivity index (χ0) is 53.6. The molecule has 0 aromatic heterocycles. The molecule has 1 atom stereocenters. The summed E-state index contributed by atoms with van der Waals surface area (Å²) < 4.78 is 16.9. The molecule has 1 unspecified atom stereocenters. The monoisotopic (exact) mass is 1030 g/mol. The molecule has 6 nitrogen and oxygen atoms in total. The van der Waals surface area contributed by atoms with Crippen molar-refractivity contribution in [2.45, 2.75) is 316 Å². The van der Waals surface area contributed by atoms with Gasteiger partial charge in [-0.3, -0.25) is 14.4 Å². The van der Waals surface area contributed by atoms with Crippen LogP contribution in [0.15, 0.2) is 85.1 Å². The minimum atomic E-state index is -0.787. The van der Waals surface area contributed by atoms with Crippen molar-refractivity contribution in [3.63, 3.8) is 0 Å². The summed E-state index contributed by atoms with van der Waals surface area (Å²) in [5.74, 6) is -0.892. The second-order valence-electron chi connectivity index (χ2n) is 20.9. The lowest BCUT2D eigenvalue weighted by atomic mass is 10.1. The highest BCUT2D eigenvalue weighted by molar-refractivity contribution is 5.71. The van der Waals surface area contributed by atoms with Crippen molar-refractivity contribution in [1.82, 2.24) is 0 Å². The Hall–Kier alpha value is -3.41. The molecule has 0 heterocycles. The van der Waals surface area contributed by atoms with Crippen LogP contribution in [0.25, 0.3) is 0 Å². The first-order chi connectivity index (χ1) is 36.5. The molecule has 0 aromatic rings. The lowest BCUT2D eigenvalue weighted by Crippen LogP contribution is -2.30. The van der Waals surface area contributed by atoms with E-state index >= 15 is 0 Å². The third kappa shape index (κ3) is 59.5. The first-order valence-electron chi connectivity index (χ1n) is 31.6. The molecule has 0 aliphatic rings. The number of allylic oxidation sites excluding steroid dienone is 14. The highest BCUT2D eigenvalue weighted by Crippen LogP contribution is 2.16. The number of unbranched alkanes of at least 4 members (excludes halogenated alkanes) is 32. The Bertz CT molecular complexity index is 1420. The average molecular weight is 1030 g/mol. The van der Waals surface area contributed by atoms with E-state index in [0.29, 0.717) is 19.3 Å². The van der Waals surface area contributed by atoms with E-state index in [9.17, 15) is 14.4 Å². The lowest BCUT2D eigenvalue weighted by Gasteiger charge is -2.18. The van der Waals surface area contributed by atoms with Crippen molar-refractivity contribution >= 4 is 17.9 Å². The fourth-order valence-corrected chi connectivity index (χ4v) is 8.87. The van der Waals surface area contributed by atoms with Crippen LogP contribution in [0.1, 0.15) is 310 Å². The van der Waals surface area contributed by atoms with Crippen LogP contribution in [0.5, 0.6) is 0 Å². The summed E-state index contributed by atoms with van der Waals surface area (Å²) >= 11 is 0. The number of carbonyl (C=O) groups excluding carboxylic acids is 3. The maximum atomic E-state index is 12.9. The third-order valence-corrected chi connectivity index (χ3v) is 13.6. The highest BCUT2D eigenvalue weighted by atomic mass is 16.6. The van der Waals surface area contributed by atoms with Gasteiger partial charge in [-0.25, -0.2) is 0 Å². The molecule has 0 spiro atoms. The molecule has 0 rings (SSSR count). The zero-order valence-electron chi connectivity index (χ0n) is 48.8. The SMILES string of the molecule is CC/C=C\C/C=C\C/C=C\C/C=C\CCCCCCCCCCC(=O)OCC(COC(=O)CCCCCCC/C=C\CCCCCCCCC)OC(=O)CCCCCCCCCCC/C=C\C/C=C\CCCCC. The fourth-order valence-electron chi connectivity index (χ4n) is 8.87. The standard InChI is InChI=1S/C68H118O6/c1-4-7-10-13-16-19-22-25-28-31-33-34-36-37-40-43-46-49-52-55-58-61-67(70)73-64-65(63-72-66(69)60-57-54-51-48-45-42-39-30-27-24-21-18-15-12-9-6-3)74-68(71)62-59-56-53-50-47-44-41-38-35-32-29-26-23-20-17-14-11-8-5-2/h7,10,16-17,19-20,25-26,28-30,33-34,39,65H,4-6,8-9,11-15,18,21-24,27,31-32,35-38,40-64H2,1-3H3/b10-7-,19-16-,20-17-,28-25-,29-26-,34-33-,39-30-. The minimum absolute atomic E-state index is 0.0840. The van der Waals surface area contributed by atoms with Gasteiger partial charge in [0.15, 0.2) is 6.10 Å². The lowest BCUT2D eigenvalue weighted by molar-refractivity contribution is -0.167. The molecular weight excluding hydrogens is 913 g/mol. The predicted octanol–water partition coefficient (Wildman–Crippen LogP) is 21.5. The van der Waals surface area contributed by atoms with E-state index in [1.54, 1.807) is 0 Å². The highest BCUT2D eigenvalue weighted by Gasteiger charge is 2.19. The molecular formula is C68H118O6. The Balaban J connectivity index is 4.40. The maximum Gasteiger partial charge on any atom is 0.306 e. The van der Waals surface area contributed by atoms with Gasteiger partial charge in [-0.05, 0) is 116 Å². The summed E-state index contributed by atoms with van der Waals surface area (Å²) in [6.07, 6.45) is 81.5. The fraction of sp³-hybridized carbons (Fsp3) is 0.750. The average Bonchev–Trinajstić information content (AvgIpc) is 3.40. The molecule has 0 saturated carbocycles.